The number of carbonyl (C=O) groups excluding carboxylic acids is 2. The number of carbonyl (C=O) groups is 3. The predicted octanol–water partition coefficient (Wildman–Crippen LogP) is 0.478. The molecule has 2 unspecified atom stereocenters. The van der Waals surface area contributed by atoms with E-state index in [4.69, 9.17) is 9.84 Å². The van der Waals surface area contributed by atoms with Crippen LogP contribution in [0.3, 0.4) is 0 Å². The van der Waals surface area contributed by atoms with Crippen LogP contribution in [-0.2, 0) is 19.1 Å². The number of hydrogen-bond donors (Lipinski definition) is 1. The van der Waals surface area contributed by atoms with E-state index in [2.05, 4.69) is 0 Å². The third-order valence-corrected chi connectivity index (χ3v) is 4.17. The minimum atomic E-state index is -1.06. The van der Waals surface area contributed by atoms with Crippen molar-refractivity contribution in [3.63, 3.8) is 0 Å². The molecule has 0 aromatic heterocycles. The van der Waals surface area contributed by atoms with Crippen molar-refractivity contribution >= 4 is 17.8 Å². The molecule has 2 amide bonds. The normalized spacial score (nSPS) is 28.7. The molecular formula is C15H24N2O5. The molecule has 0 aromatic carbocycles. The first kappa shape index (κ1) is 16.7. The number of nitrogens with zero attached hydrogens (tertiary/aromatic N) is 2. The van der Waals surface area contributed by atoms with Crippen LogP contribution in [-0.4, -0.2) is 70.6 Å². The Hall–Kier alpha value is -1.63. The number of hydrogen-bond acceptors (Lipinski definition) is 4. The number of rotatable bonds is 4. The van der Waals surface area contributed by atoms with Crippen LogP contribution in [0.5, 0.6) is 0 Å². The maximum atomic E-state index is 12.7. The maximum Gasteiger partial charge on any atom is 0.334 e. The van der Waals surface area contributed by atoms with Gasteiger partial charge in [0.1, 0.15) is 6.04 Å². The number of amides is 2. The molecule has 7 heteroatoms. The van der Waals surface area contributed by atoms with E-state index in [1.165, 1.54) is 4.90 Å². The maximum absolute atomic E-state index is 12.7. The quantitative estimate of drug-likeness (QED) is 0.816. The van der Waals surface area contributed by atoms with Gasteiger partial charge in [-0.2, -0.15) is 0 Å². The van der Waals surface area contributed by atoms with Crippen molar-refractivity contribution in [1.29, 1.82) is 0 Å². The van der Waals surface area contributed by atoms with E-state index in [0.29, 0.717) is 25.9 Å². The fourth-order valence-corrected chi connectivity index (χ4v) is 3.16. The summed E-state index contributed by atoms with van der Waals surface area (Å²) >= 11 is 0. The Kier molecular flexibility index (Phi) is 5.39. The predicted molar refractivity (Wildman–Crippen MR) is 78.2 cm³/mol. The van der Waals surface area contributed by atoms with E-state index in [0.717, 1.165) is 12.8 Å². The third kappa shape index (κ3) is 3.58. The Morgan fingerprint density at radius 1 is 1.27 bits per heavy atom. The first-order valence-electron chi connectivity index (χ1n) is 7.90. The molecule has 2 aliphatic heterocycles. The third-order valence-electron chi connectivity index (χ3n) is 4.17. The van der Waals surface area contributed by atoms with Crippen LogP contribution in [0.25, 0.3) is 0 Å². The fourth-order valence-electron chi connectivity index (χ4n) is 3.16. The van der Waals surface area contributed by atoms with Crippen molar-refractivity contribution in [2.45, 2.75) is 57.8 Å². The van der Waals surface area contributed by atoms with E-state index >= 15 is 0 Å². The van der Waals surface area contributed by atoms with E-state index in [1.807, 2.05) is 6.92 Å². The van der Waals surface area contributed by atoms with Crippen molar-refractivity contribution in [2.75, 3.05) is 19.6 Å². The highest BCUT2D eigenvalue weighted by atomic mass is 16.5. The molecule has 7 nitrogen and oxygen atoms in total. The lowest BCUT2D eigenvalue weighted by Crippen LogP contribution is -2.56. The Labute approximate surface area is 130 Å². The van der Waals surface area contributed by atoms with Gasteiger partial charge in [0.2, 0.25) is 11.8 Å². The summed E-state index contributed by atoms with van der Waals surface area (Å²) in [4.78, 5) is 39.1. The monoisotopic (exact) mass is 312 g/mol. The average molecular weight is 312 g/mol. The molecule has 2 fully saturated rings. The summed E-state index contributed by atoms with van der Waals surface area (Å²) in [5.74, 6) is -1.20. The zero-order chi connectivity index (χ0) is 16.3. The second-order valence-electron chi connectivity index (χ2n) is 6.01. The van der Waals surface area contributed by atoms with Gasteiger partial charge in [0.05, 0.1) is 12.6 Å². The molecule has 2 aliphatic rings. The fraction of sp³-hybridized carbons (Fsp3) is 0.800. The van der Waals surface area contributed by atoms with Gasteiger partial charge in [0, 0.05) is 19.5 Å². The van der Waals surface area contributed by atoms with Gasteiger partial charge in [-0.15, -0.1) is 0 Å². The van der Waals surface area contributed by atoms with Gasteiger partial charge >= 0.3 is 5.97 Å². The lowest BCUT2D eigenvalue weighted by atomic mass is 10.1. The Bertz CT molecular complexity index is 453. The summed E-state index contributed by atoms with van der Waals surface area (Å²) in [5.41, 5.74) is 0. The SMILES string of the molecule is CCCC(=O)N1CCCC1C(=O)N1CC(C(=O)O)O[C@H](C)C1. The van der Waals surface area contributed by atoms with Crippen LogP contribution in [0.15, 0.2) is 0 Å². The first-order valence-corrected chi connectivity index (χ1v) is 7.90. The minimum absolute atomic E-state index is 0.00874. The second-order valence-corrected chi connectivity index (χ2v) is 6.01. The molecule has 0 radical (unpaired) electrons. The van der Waals surface area contributed by atoms with Gasteiger partial charge in [-0.25, -0.2) is 4.79 Å². The molecule has 2 saturated heterocycles. The van der Waals surface area contributed by atoms with Crippen molar-refractivity contribution < 1.29 is 24.2 Å². The molecule has 0 bridgehead atoms. The van der Waals surface area contributed by atoms with E-state index in [-0.39, 0.29) is 24.5 Å². The number of carboxylic acids is 1. The van der Waals surface area contributed by atoms with E-state index in [9.17, 15) is 14.4 Å². The highest BCUT2D eigenvalue weighted by molar-refractivity contribution is 5.88. The molecule has 0 aromatic rings. The minimum Gasteiger partial charge on any atom is -0.479 e. The van der Waals surface area contributed by atoms with Crippen LogP contribution in [0.2, 0.25) is 0 Å². The van der Waals surface area contributed by atoms with Gasteiger partial charge in [0.25, 0.3) is 0 Å². The van der Waals surface area contributed by atoms with Crippen LogP contribution >= 0.6 is 0 Å². The number of ether oxygens (including phenoxy) is 1. The van der Waals surface area contributed by atoms with E-state index in [1.54, 1.807) is 11.8 Å². The molecule has 0 spiro atoms. The summed E-state index contributed by atoms with van der Waals surface area (Å²) in [5, 5.41) is 9.10. The standard InChI is InChI=1S/C15H24N2O5/c1-3-5-13(18)17-7-4-6-11(17)14(19)16-8-10(2)22-12(9-16)15(20)21/h10-12H,3-9H2,1-2H3,(H,20,21)/t10-,11?,12?/m1/s1. The number of likely N-dealkylation sites (tertiary alicyclic amines) is 1. The van der Waals surface area contributed by atoms with Crippen molar-refractivity contribution in [3.8, 4) is 0 Å². The average Bonchev–Trinajstić information content (AvgIpc) is 2.95. The molecule has 0 saturated carbocycles. The molecular weight excluding hydrogens is 288 g/mol. The molecule has 1 N–H and O–H groups in total. The van der Waals surface area contributed by atoms with Crippen LogP contribution in [0, 0.1) is 0 Å². The smallest absolute Gasteiger partial charge is 0.334 e. The summed E-state index contributed by atoms with van der Waals surface area (Å²) in [6.45, 7) is 4.72. The first-order chi connectivity index (χ1) is 10.4. The van der Waals surface area contributed by atoms with Gasteiger partial charge in [-0.1, -0.05) is 6.92 Å². The molecule has 2 rings (SSSR count). The number of carboxylic acid groups (broad SMARTS) is 1. The van der Waals surface area contributed by atoms with Gasteiger partial charge in [-0.3, -0.25) is 9.59 Å². The lowest BCUT2D eigenvalue weighted by molar-refractivity contribution is -0.168. The molecule has 22 heavy (non-hydrogen) atoms. The van der Waals surface area contributed by atoms with Gasteiger partial charge in [-0.05, 0) is 26.2 Å². The van der Waals surface area contributed by atoms with Crippen molar-refractivity contribution in [1.82, 2.24) is 9.80 Å². The molecule has 3 atom stereocenters. The number of morpholine rings is 1. The van der Waals surface area contributed by atoms with Crippen molar-refractivity contribution in [2.24, 2.45) is 0 Å². The zero-order valence-electron chi connectivity index (χ0n) is 13.2. The summed E-state index contributed by atoms with van der Waals surface area (Å²) in [6, 6.07) is -0.446. The largest absolute Gasteiger partial charge is 0.479 e. The van der Waals surface area contributed by atoms with Crippen LogP contribution < -0.4 is 0 Å². The summed E-state index contributed by atoms with van der Waals surface area (Å²) < 4.78 is 5.33. The Balaban J connectivity index is 2.06. The highest BCUT2D eigenvalue weighted by Crippen LogP contribution is 2.23. The lowest BCUT2D eigenvalue weighted by Gasteiger charge is -2.37. The summed E-state index contributed by atoms with van der Waals surface area (Å²) in [7, 11) is 0. The van der Waals surface area contributed by atoms with Gasteiger partial charge < -0.3 is 19.6 Å². The Morgan fingerprint density at radius 3 is 2.64 bits per heavy atom. The second kappa shape index (κ2) is 7.09. The molecule has 0 aliphatic carbocycles. The van der Waals surface area contributed by atoms with Crippen LogP contribution in [0.4, 0.5) is 0 Å². The summed E-state index contributed by atoms with van der Waals surface area (Å²) in [6.07, 6.45) is 1.35. The number of aliphatic carboxylic acids is 1. The van der Waals surface area contributed by atoms with E-state index < -0.39 is 18.1 Å². The Morgan fingerprint density at radius 2 is 2.00 bits per heavy atom. The van der Waals surface area contributed by atoms with Gasteiger partial charge in [0.15, 0.2) is 6.10 Å². The highest BCUT2D eigenvalue weighted by Gasteiger charge is 2.40. The zero-order valence-corrected chi connectivity index (χ0v) is 13.2. The topological polar surface area (TPSA) is 87.2 Å². The van der Waals surface area contributed by atoms with Crippen molar-refractivity contribution in [3.05, 3.63) is 0 Å². The molecule has 2 heterocycles. The molecule has 124 valence electrons. The van der Waals surface area contributed by atoms with Crippen LogP contribution in [0.1, 0.15) is 39.5 Å².